The molecule has 94 valence electrons. The summed E-state index contributed by atoms with van der Waals surface area (Å²) in [5.41, 5.74) is 0.482. The van der Waals surface area contributed by atoms with Crippen LogP contribution in [0.4, 0.5) is 0 Å². The summed E-state index contributed by atoms with van der Waals surface area (Å²) < 4.78 is 0. The molecule has 2 aliphatic rings. The highest BCUT2D eigenvalue weighted by Gasteiger charge is 2.37. The average Bonchev–Trinajstić information content (AvgIpc) is 2.29. The molecule has 2 heteroatoms. The lowest BCUT2D eigenvalue weighted by atomic mass is 9.69. The minimum Gasteiger partial charge on any atom is -0.314 e. The lowest BCUT2D eigenvalue weighted by Crippen LogP contribution is -2.53. The van der Waals surface area contributed by atoms with Crippen LogP contribution in [-0.4, -0.2) is 37.1 Å². The van der Waals surface area contributed by atoms with Gasteiger partial charge in [0.15, 0.2) is 0 Å². The first-order valence-corrected chi connectivity index (χ1v) is 7.04. The molecule has 2 rings (SSSR count). The summed E-state index contributed by atoms with van der Waals surface area (Å²) in [5, 5.41) is 3.47. The minimum absolute atomic E-state index is 0.482. The van der Waals surface area contributed by atoms with Crippen LogP contribution in [0.2, 0.25) is 0 Å². The monoisotopic (exact) mass is 224 g/mol. The Morgan fingerprint density at radius 2 is 1.62 bits per heavy atom. The predicted octanol–water partition coefficient (Wildman–Crippen LogP) is 2.50. The van der Waals surface area contributed by atoms with E-state index in [9.17, 15) is 0 Å². The molecule has 2 nitrogen and oxygen atoms in total. The van der Waals surface area contributed by atoms with Crippen LogP contribution in [0.3, 0.4) is 0 Å². The highest BCUT2D eigenvalue weighted by molar-refractivity contribution is 4.91. The normalized spacial score (nSPS) is 33.9. The second-order valence-corrected chi connectivity index (χ2v) is 6.61. The Balaban J connectivity index is 2.03. The molecule has 0 spiro atoms. The largest absolute Gasteiger partial charge is 0.314 e. The zero-order valence-electron chi connectivity index (χ0n) is 11.3. The molecule has 0 aromatic heterocycles. The summed E-state index contributed by atoms with van der Waals surface area (Å²) in [7, 11) is 0. The maximum absolute atomic E-state index is 3.47. The van der Waals surface area contributed by atoms with Crippen molar-refractivity contribution in [2.75, 3.05) is 26.2 Å². The molecule has 1 saturated heterocycles. The minimum atomic E-state index is 0.482. The fourth-order valence-corrected chi connectivity index (χ4v) is 3.57. The predicted molar refractivity (Wildman–Crippen MR) is 69.6 cm³/mol. The van der Waals surface area contributed by atoms with Gasteiger partial charge in [-0.25, -0.2) is 0 Å². The third-order valence-corrected chi connectivity index (χ3v) is 4.46. The van der Waals surface area contributed by atoms with E-state index in [0.29, 0.717) is 5.41 Å². The fourth-order valence-electron chi connectivity index (χ4n) is 3.57. The second-order valence-electron chi connectivity index (χ2n) is 6.61. The van der Waals surface area contributed by atoms with E-state index in [1.54, 1.807) is 0 Å². The molecule has 0 aromatic carbocycles. The SMILES string of the molecule is CC(C)(C)C1CCCCC1N1CCNCC1. The molecule has 1 aliphatic heterocycles. The van der Waals surface area contributed by atoms with Gasteiger partial charge in [0.2, 0.25) is 0 Å². The van der Waals surface area contributed by atoms with Gasteiger partial charge in [-0.3, -0.25) is 4.90 Å². The summed E-state index contributed by atoms with van der Waals surface area (Å²) >= 11 is 0. The highest BCUT2D eigenvalue weighted by Crippen LogP contribution is 2.40. The molecule has 2 atom stereocenters. The zero-order chi connectivity index (χ0) is 11.6. The van der Waals surface area contributed by atoms with Crippen LogP contribution < -0.4 is 5.32 Å². The van der Waals surface area contributed by atoms with Crippen LogP contribution in [0.5, 0.6) is 0 Å². The van der Waals surface area contributed by atoms with Gasteiger partial charge in [0.1, 0.15) is 0 Å². The molecule has 1 aliphatic carbocycles. The van der Waals surface area contributed by atoms with Crippen LogP contribution in [0.25, 0.3) is 0 Å². The third-order valence-electron chi connectivity index (χ3n) is 4.46. The van der Waals surface area contributed by atoms with Crippen LogP contribution in [0.1, 0.15) is 46.5 Å². The second kappa shape index (κ2) is 5.05. The van der Waals surface area contributed by atoms with Crippen molar-refractivity contribution in [2.45, 2.75) is 52.5 Å². The van der Waals surface area contributed by atoms with Gasteiger partial charge in [0.05, 0.1) is 0 Å². The summed E-state index contributed by atoms with van der Waals surface area (Å²) in [6.07, 6.45) is 5.77. The van der Waals surface area contributed by atoms with Crippen molar-refractivity contribution in [1.29, 1.82) is 0 Å². The van der Waals surface area contributed by atoms with E-state index >= 15 is 0 Å². The quantitative estimate of drug-likeness (QED) is 0.736. The first-order chi connectivity index (χ1) is 7.59. The lowest BCUT2D eigenvalue weighted by molar-refractivity contribution is 0.0345. The summed E-state index contributed by atoms with van der Waals surface area (Å²) in [6.45, 7) is 12.2. The van der Waals surface area contributed by atoms with E-state index < -0.39 is 0 Å². The number of hydrogen-bond acceptors (Lipinski definition) is 2. The van der Waals surface area contributed by atoms with Gasteiger partial charge in [-0.15, -0.1) is 0 Å². The summed E-state index contributed by atoms with van der Waals surface area (Å²) in [5.74, 6) is 0.902. The molecule has 0 bridgehead atoms. The number of piperazine rings is 1. The zero-order valence-corrected chi connectivity index (χ0v) is 11.3. The van der Waals surface area contributed by atoms with Crippen LogP contribution in [0, 0.1) is 11.3 Å². The van der Waals surface area contributed by atoms with Crippen molar-refractivity contribution in [3.8, 4) is 0 Å². The molecular formula is C14H28N2. The van der Waals surface area contributed by atoms with Gasteiger partial charge in [-0.2, -0.15) is 0 Å². The number of rotatable bonds is 1. The topological polar surface area (TPSA) is 15.3 Å². The maximum Gasteiger partial charge on any atom is 0.0130 e. The van der Waals surface area contributed by atoms with E-state index in [1.807, 2.05) is 0 Å². The molecule has 0 aromatic rings. The van der Waals surface area contributed by atoms with Crippen molar-refractivity contribution in [3.05, 3.63) is 0 Å². The Morgan fingerprint density at radius 3 is 2.25 bits per heavy atom. The lowest BCUT2D eigenvalue weighted by Gasteiger charge is -2.47. The first-order valence-electron chi connectivity index (χ1n) is 7.04. The average molecular weight is 224 g/mol. The molecule has 0 radical (unpaired) electrons. The van der Waals surface area contributed by atoms with Crippen LogP contribution in [0.15, 0.2) is 0 Å². The van der Waals surface area contributed by atoms with Gasteiger partial charge < -0.3 is 5.32 Å². The van der Waals surface area contributed by atoms with E-state index in [0.717, 1.165) is 12.0 Å². The van der Waals surface area contributed by atoms with Crippen molar-refractivity contribution in [2.24, 2.45) is 11.3 Å². The molecule has 1 heterocycles. The summed E-state index contributed by atoms with van der Waals surface area (Å²) in [6, 6.07) is 0.857. The van der Waals surface area contributed by atoms with Crippen molar-refractivity contribution in [1.82, 2.24) is 10.2 Å². The van der Waals surface area contributed by atoms with E-state index in [2.05, 4.69) is 31.0 Å². The molecule has 1 saturated carbocycles. The Labute approximate surface area is 101 Å². The molecule has 0 amide bonds. The molecular weight excluding hydrogens is 196 g/mol. The van der Waals surface area contributed by atoms with Crippen molar-refractivity contribution >= 4 is 0 Å². The van der Waals surface area contributed by atoms with Gasteiger partial charge >= 0.3 is 0 Å². The van der Waals surface area contributed by atoms with E-state index in [4.69, 9.17) is 0 Å². The van der Waals surface area contributed by atoms with Gasteiger partial charge in [-0.05, 0) is 24.2 Å². The molecule has 2 unspecified atom stereocenters. The van der Waals surface area contributed by atoms with Crippen LogP contribution >= 0.6 is 0 Å². The van der Waals surface area contributed by atoms with Gasteiger partial charge in [0, 0.05) is 32.2 Å². The molecule has 16 heavy (non-hydrogen) atoms. The van der Waals surface area contributed by atoms with E-state index in [1.165, 1.54) is 51.9 Å². The Kier molecular flexibility index (Phi) is 3.91. The fraction of sp³-hybridized carbons (Fsp3) is 1.00. The Bertz CT molecular complexity index is 213. The van der Waals surface area contributed by atoms with E-state index in [-0.39, 0.29) is 0 Å². The maximum atomic E-state index is 3.47. The highest BCUT2D eigenvalue weighted by atomic mass is 15.2. The number of hydrogen-bond donors (Lipinski definition) is 1. The Morgan fingerprint density at radius 1 is 1.00 bits per heavy atom. The first kappa shape index (κ1) is 12.4. The van der Waals surface area contributed by atoms with Crippen molar-refractivity contribution in [3.63, 3.8) is 0 Å². The molecule has 2 fully saturated rings. The van der Waals surface area contributed by atoms with Crippen molar-refractivity contribution < 1.29 is 0 Å². The smallest absolute Gasteiger partial charge is 0.0130 e. The van der Waals surface area contributed by atoms with Crippen LogP contribution in [-0.2, 0) is 0 Å². The molecule has 1 N–H and O–H groups in total. The number of nitrogens with one attached hydrogen (secondary N) is 1. The number of nitrogens with zero attached hydrogens (tertiary/aromatic N) is 1. The summed E-state index contributed by atoms with van der Waals surface area (Å²) in [4.78, 5) is 2.76. The van der Waals surface area contributed by atoms with Gasteiger partial charge in [0.25, 0.3) is 0 Å². The third kappa shape index (κ3) is 2.78. The Hall–Kier alpha value is -0.0800. The standard InChI is InChI=1S/C14H28N2/c1-14(2,3)12-6-4-5-7-13(12)16-10-8-15-9-11-16/h12-13,15H,4-11H2,1-3H3. The van der Waals surface area contributed by atoms with Gasteiger partial charge in [-0.1, -0.05) is 33.6 Å².